The predicted molar refractivity (Wildman–Crippen MR) is 72.4 cm³/mol. The Kier molecular flexibility index (Phi) is 4.32. The highest BCUT2D eigenvalue weighted by Gasteiger charge is 2.04. The first-order valence-electron chi connectivity index (χ1n) is 5.74. The van der Waals surface area contributed by atoms with Crippen LogP contribution in [-0.4, -0.2) is 5.78 Å². The van der Waals surface area contributed by atoms with Gasteiger partial charge in [-0.3, -0.25) is 4.79 Å². The van der Waals surface area contributed by atoms with E-state index in [1.807, 2.05) is 12.1 Å². The fraction of sp³-hybridized carbons (Fsp3) is 0.133. The van der Waals surface area contributed by atoms with E-state index >= 15 is 0 Å². The summed E-state index contributed by atoms with van der Waals surface area (Å²) in [6.07, 6.45) is 0. The summed E-state index contributed by atoms with van der Waals surface area (Å²) in [6.45, 7) is 1.51. The molecule has 98 valence electrons. The van der Waals surface area contributed by atoms with E-state index in [0.717, 1.165) is 11.0 Å². The van der Waals surface area contributed by atoms with Crippen LogP contribution in [0.2, 0.25) is 0 Å². The van der Waals surface area contributed by atoms with Gasteiger partial charge in [0.05, 0.1) is 0 Å². The first-order chi connectivity index (χ1) is 9.06. The van der Waals surface area contributed by atoms with Crippen molar-refractivity contribution in [2.24, 2.45) is 0 Å². The topological polar surface area (TPSA) is 17.1 Å². The third-order valence-corrected chi connectivity index (χ3v) is 3.70. The van der Waals surface area contributed by atoms with E-state index in [2.05, 4.69) is 0 Å². The highest BCUT2D eigenvalue weighted by atomic mass is 32.2. The molecule has 1 nitrogen and oxygen atoms in total. The van der Waals surface area contributed by atoms with Crippen molar-refractivity contribution in [1.82, 2.24) is 0 Å². The molecule has 0 spiro atoms. The van der Waals surface area contributed by atoms with Gasteiger partial charge in [-0.1, -0.05) is 18.2 Å². The Morgan fingerprint density at radius 2 is 1.89 bits per heavy atom. The van der Waals surface area contributed by atoms with E-state index in [0.29, 0.717) is 16.9 Å². The number of hydrogen-bond acceptors (Lipinski definition) is 2. The molecular weight excluding hydrogens is 266 g/mol. The molecular formula is C15H12F2OS. The zero-order valence-corrected chi connectivity index (χ0v) is 11.1. The number of Topliss-reactive ketones (excluding diaryl/α,β-unsaturated/α-hetero) is 1. The van der Waals surface area contributed by atoms with Crippen LogP contribution in [0.25, 0.3) is 0 Å². The largest absolute Gasteiger partial charge is 0.295 e. The van der Waals surface area contributed by atoms with Crippen molar-refractivity contribution in [3.63, 3.8) is 0 Å². The van der Waals surface area contributed by atoms with E-state index in [4.69, 9.17) is 0 Å². The molecule has 0 unspecified atom stereocenters. The summed E-state index contributed by atoms with van der Waals surface area (Å²) in [5, 5.41) is 0. The Balaban J connectivity index is 2.07. The van der Waals surface area contributed by atoms with Crippen molar-refractivity contribution >= 4 is 17.5 Å². The van der Waals surface area contributed by atoms with E-state index < -0.39 is 11.6 Å². The Hall–Kier alpha value is -1.68. The third-order valence-electron chi connectivity index (χ3n) is 2.63. The van der Waals surface area contributed by atoms with Crippen LogP contribution in [0.3, 0.4) is 0 Å². The van der Waals surface area contributed by atoms with Gasteiger partial charge in [0.15, 0.2) is 17.4 Å². The van der Waals surface area contributed by atoms with E-state index in [1.54, 1.807) is 18.2 Å². The maximum atomic E-state index is 13.0. The lowest BCUT2D eigenvalue weighted by Gasteiger charge is -2.04. The number of ketones is 1. The van der Waals surface area contributed by atoms with Gasteiger partial charge in [0.1, 0.15) is 0 Å². The average Bonchev–Trinajstić information content (AvgIpc) is 2.40. The molecule has 0 saturated heterocycles. The zero-order valence-electron chi connectivity index (χ0n) is 10.3. The number of hydrogen-bond donors (Lipinski definition) is 0. The molecule has 0 atom stereocenters. The summed E-state index contributed by atoms with van der Waals surface area (Å²) in [5.74, 6) is -1.14. The first kappa shape index (κ1) is 13.7. The van der Waals surface area contributed by atoms with Crippen LogP contribution in [0.1, 0.15) is 22.8 Å². The molecule has 2 aromatic rings. The van der Waals surface area contributed by atoms with Gasteiger partial charge in [-0.05, 0) is 36.8 Å². The maximum Gasteiger partial charge on any atom is 0.159 e. The van der Waals surface area contributed by atoms with Crippen molar-refractivity contribution in [2.75, 3.05) is 0 Å². The summed E-state index contributed by atoms with van der Waals surface area (Å²) in [7, 11) is 0. The molecule has 0 aliphatic heterocycles. The second kappa shape index (κ2) is 5.97. The minimum Gasteiger partial charge on any atom is -0.295 e. The normalized spacial score (nSPS) is 10.5. The SMILES string of the molecule is CC(=O)c1cccc(SCc2ccc(F)c(F)c2)c1. The lowest BCUT2D eigenvalue weighted by molar-refractivity contribution is 0.101. The Morgan fingerprint density at radius 1 is 1.11 bits per heavy atom. The fourth-order valence-electron chi connectivity index (χ4n) is 1.60. The number of carbonyl (C=O) groups excluding carboxylic acids is 1. The van der Waals surface area contributed by atoms with Crippen molar-refractivity contribution in [1.29, 1.82) is 0 Å². The van der Waals surface area contributed by atoms with Gasteiger partial charge < -0.3 is 0 Å². The Morgan fingerprint density at radius 3 is 2.58 bits per heavy atom. The smallest absolute Gasteiger partial charge is 0.159 e. The lowest BCUT2D eigenvalue weighted by Crippen LogP contribution is -1.91. The van der Waals surface area contributed by atoms with Crippen molar-refractivity contribution in [2.45, 2.75) is 17.6 Å². The van der Waals surface area contributed by atoms with Crippen LogP contribution in [-0.2, 0) is 5.75 Å². The number of rotatable bonds is 4. The van der Waals surface area contributed by atoms with Gasteiger partial charge in [-0.15, -0.1) is 11.8 Å². The molecule has 0 aliphatic rings. The van der Waals surface area contributed by atoms with Crippen molar-refractivity contribution in [3.05, 3.63) is 65.2 Å². The molecule has 4 heteroatoms. The average molecular weight is 278 g/mol. The summed E-state index contributed by atoms with van der Waals surface area (Å²) < 4.78 is 25.8. The number of carbonyl (C=O) groups is 1. The van der Waals surface area contributed by atoms with Crippen LogP contribution in [0.4, 0.5) is 8.78 Å². The monoisotopic (exact) mass is 278 g/mol. The van der Waals surface area contributed by atoms with Crippen LogP contribution in [0.5, 0.6) is 0 Å². The van der Waals surface area contributed by atoms with Gasteiger partial charge in [0.2, 0.25) is 0 Å². The molecule has 0 N–H and O–H groups in total. The van der Waals surface area contributed by atoms with Gasteiger partial charge in [-0.2, -0.15) is 0 Å². The standard InChI is InChI=1S/C15H12F2OS/c1-10(18)12-3-2-4-13(8-12)19-9-11-5-6-14(16)15(17)7-11/h2-8H,9H2,1H3. The Labute approximate surface area is 114 Å². The summed E-state index contributed by atoms with van der Waals surface area (Å²) >= 11 is 1.48. The molecule has 0 saturated carbocycles. The minimum atomic E-state index is -0.840. The third kappa shape index (κ3) is 3.64. The van der Waals surface area contributed by atoms with Crippen molar-refractivity contribution in [3.8, 4) is 0 Å². The van der Waals surface area contributed by atoms with Crippen LogP contribution >= 0.6 is 11.8 Å². The van der Waals surface area contributed by atoms with Gasteiger partial charge in [-0.25, -0.2) is 8.78 Å². The number of benzene rings is 2. The zero-order chi connectivity index (χ0) is 13.8. The molecule has 0 fully saturated rings. The minimum absolute atomic E-state index is 0.00952. The van der Waals surface area contributed by atoms with Crippen molar-refractivity contribution < 1.29 is 13.6 Å². The summed E-state index contributed by atoms with van der Waals surface area (Å²) in [5.41, 5.74) is 1.35. The fourth-order valence-corrected chi connectivity index (χ4v) is 2.50. The number of thioether (sulfide) groups is 1. The molecule has 2 aromatic carbocycles. The second-order valence-corrected chi connectivity index (χ2v) is 5.17. The van der Waals surface area contributed by atoms with E-state index in [1.165, 1.54) is 24.8 Å². The lowest BCUT2D eigenvalue weighted by atomic mass is 10.2. The van der Waals surface area contributed by atoms with Gasteiger partial charge in [0, 0.05) is 16.2 Å². The molecule has 0 bridgehead atoms. The summed E-state index contributed by atoms with van der Waals surface area (Å²) in [6, 6.07) is 11.1. The predicted octanol–water partition coefficient (Wildman–Crippen LogP) is 4.46. The van der Waals surface area contributed by atoms with E-state index in [-0.39, 0.29) is 5.78 Å². The molecule has 0 aliphatic carbocycles. The molecule has 0 amide bonds. The first-order valence-corrected chi connectivity index (χ1v) is 6.72. The second-order valence-electron chi connectivity index (χ2n) is 4.12. The maximum absolute atomic E-state index is 13.0. The van der Waals surface area contributed by atoms with E-state index in [9.17, 15) is 13.6 Å². The van der Waals surface area contributed by atoms with Gasteiger partial charge >= 0.3 is 0 Å². The quantitative estimate of drug-likeness (QED) is 0.606. The molecule has 19 heavy (non-hydrogen) atoms. The van der Waals surface area contributed by atoms with Crippen LogP contribution in [0.15, 0.2) is 47.4 Å². The molecule has 0 heterocycles. The highest BCUT2D eigenvalue weighted by molar-refractivity contribution is 7.98. The molecule has 0 aromatic heterocycles. The highest BCUT2D eigenvalue weighted by Crippen LogP contribution is 2.24. The molecule has 2 rings (SSSR count). The molecule has 0 radical (unpaired) electrons. The van der Waals surface area contributed by atoms with Gasteiger partial charge in [0.25, 0.3) is 0 Å². The Bertz CT molecular complexity index is 611. The van der Waals surface area contributed by atoms with Crippen LogP contribution in [0, 0.1) is 11.6 Å². The van der Waals surface area contributed by atoms with Crippen LogP contribution < -0.4 is 0 Å². The number of halogens is 2. The summed E-state index contributed by atoms with van der Waals surface area (Å²) in [4.78, 5) is 12.2.